The summed E-state index contributed by atoms with van der Waals surface area (Å²) >= 11 is 11.5. The van der Waals surface area contributed by atoms with E-state index in [9.17, 15) is 0 Å². The van der Waals surface area contributed by atoms with Crippen molar-refractivity contribution in [2.75, 3.05) is 0 Å². The van der Waals surface area contributed by atoms with Crippen molar-refractivity contribution in [3.63, 3.8) is 0 Å². The molecule has 0 radical (unpaired) electrons. The van der Waals surface area contributed by atoms with Crippen molar-refractivity contribution < 1.29 is 0 Å². The maximum Gasteiger partial charge on any atom is 0.135 e. The summed E-state index contributed by atoms with van der Waals surface area (Å²) < 4.78 is 0. The number of pyridine rings is 1. The highest BCUT2D eigenvalue weighted by molar-refractivity contribution is 6.32. The van der Waals surface area contributed by atoms with E-state index in [4.69, 9.17) is 28.9 Å². The van der Waals surface area contributed by atoms with Gasteiger partial charge in [-0.1, -0.05) is 36.2 Å². The van der Waals surface area contributed by atoms with E-state index in [1.165, 1.54) is 0 Å². The highest BCUT2D eigenvalue weighted by Crippen LogP contribution is 2.23. The first-order valence-corrected chi connectivity index (χ1v) is 4.48. The van der Waals surface area contributed by atoms with Crippen molar-refractivity contribution in [3.05, 3.63) is 28.0 Å². The van der Waals surface area contributed by atoms with E-state index in [1.54, 1.807) is 6.07 Å². The zero-order valence-corrected chi connectivity index (χ0v) is 8.23. The summed E-state index contributed by atoms with van der Waals surface area (Å²) in [6.45, 7) is 2.00. The van der Waals surface area contributed by atoms with Crippen molar-refractivity contribution in [2.24, 2.45) is 5.73 Å². The maximum absolute atomic E-state index is 5.83. The zero-order chi connectivity index (χ0) is 9.14. The Kier molecular flexibility index (Phi) is 3.32. The molecule has 0 spiro atoms. The highest BCUT2D eigenvalue weighted by atomic mass is 35.5. The third-order valence-corrected chi connectivity index (χ3v) is 2.20. The van der Waals surface area contributed by atoms with Gasteiger partial charge in [-0.05, 0) is 12.5 Å². The molecule has 4 heteroatoms. The van der Waals surface area contributed by atoms with E-state index in [2.05, 4.69) is 4.98 Å². The quantitative estimate of drug-likeness (QED) is 0.754. The zero-order valence-electron chi connectivity index (χ0n) is 6.72. The Morgan fingerprint density at radius 1 is 1.50 bits per heavy atom. The first-order chi connectivity index (χ1) is 5.65. The van der Waals surface area contributed by atoms with E-state index in [0.717, 1.165) is 12.0 Å². The molecule has 1 heterocycles. The third-order valence-electron chi connectivity index (χ3n) is 1.68. The van der Waals surface area contributed by atoms with Crippen LogP contribution in [0.5, 0.6) is 0 Å². The molecule has 0 aliphatic heterocycles. The number of nitrogens with zero attached hydrogens (tertiary/aromatic N) is 1. The summed E-state index contributed by atoms with van der Waals surface area (Å²) in [5.74, 6) is 0. The Hall–Kier alpha value is -0.310. The molecule has 2 nitrogen and oxygen atoms in total. The largest absolute Gasteiger partial charge is 0.324 e. The van der Waals surface area contributed by atoms with E-state index < -0.39 is 0 Å². The van der Waals surface area contributed by atoms with Crippen molar-refractivity contribution in [3.8, 4) is 0 Å². The van der Waals surface area contributed by atoms with Gasteiger partial charge in [-0.3, -0.25) is 0 Å². The Labute approximate surface area is 81.7 Å². The van der Waals surface area contributed by atoms with E-state index in [-0.39, 0.29) is 6.04 Å². The van der Waals surface area contributed by atoms with E-state index in [0.29, 0.717) is 10.3 Å². The van der Waals surface area contributed by atoms with Gasteiger partial charge < -0.3 is 5.73 Å². The minimum Gasteiger partial charge on any atom is -0.324 e. The standard InChI is InChI=1S/C8H10Cl2N2/c1-2-6(11)5-3-4-7(9)12-8(5)10/h3-4,6H,2,11H2,1H3. The minimum atomic E-state index is -0.0535. The molecule has 0 amide bonds. The molecule has 0 aliphatic carbocycles. The second kappa shape index (κ2) is 4.08. The lowest BCUT2D eigenvalue weighted by atomic mass is 10.1. The van der Waals surface area contributed by atoms with Crippen LogP contribution >= 0.6 is 23.2 Å². The predicted octanol–water partition coefficient (Wildman–Crippen LogP) is 2.80. The van der Waals surface area contributed by atoms with Crippen molar-refractivity contribution in [1.82, 2.24) is 4.98 Å². The third kappa shape index (κ3) is 2.09. The van der Waals surface area contributed by atoms with E-state index in [1.807, 2.05) is 13.0 Å². The van der Waals surface area contributed by atoms with Crippen LogP contribution in [0, 0.1) is 0 Å². The lowest BCUT2D eigenvalue weighted by molar-refractivity contribution is 0.695. The molecule has 1 unspecified atom stereocenters. The van der Waals surface area contributed by atoms with Gasteiger partial charge in [0.1, 0.15) is 10.3 Å². The van der Waals surface area contributed by atoms with Gasteiger partial charge in [0.25, 0.3) is 0 Å². The molecule has 1 aromatic rings. The average Bonchev–Trinajstić information content (AvgIpc) is 2.03. The van der Waals surface area contributed by atoms with E-state index >= 15 is 0 Å². The molecule has 0 fully saturated rings. The summed E-state index contributed by atoms with van der Waals surface area (Å²) in [5, 5.41) is 0.795. The fourth-order valence-corrected chi connectivity index (χ4v) is 1.40. The summed E-state index contributed by atoms with van der Waals surface area (Å²) in [6, 6.07) is 3.45. The highest BCUT2D eigenvalue weighted by Gasteiger charge is 2.08. The smallest absolute Gasteiger partial charge is 0.135 e. The predicted molar refractivity (Wildman–Crippen MR) is 51.5 cm³/mol. The van der Waals surface area contributed by atoms with Crippen LogP contribution in [0.15, 0.2) is 12.1 Å². The molecule has 0 aromatic carbocycles. The monoisotopic (exact) mass is 204 g/mol. The van der Waals surface area contributed by atoms with Gasteiger partial charge in [0.2, 0.25) is 0 Å². The second-order valence-corrected chi connectivity index (χ2v) is 3.27. The number of rotatable bonds is 2. The molecule has 0 aliphatic rings. The molecule has 1 atom stereocenters. The normalized spacial score (nSPS) is 13.0. The van der Waals surface area contributed by atoms with Gasteiger partial charge >= 0.3 is 0 Å². The van der Waals surface area contributed by atoms with Crippen LogP contribution in [0.3, 0.4) is 0 Å². The lowest BCUT2D eigenvalue weighted by Crippen LogP contribution is -2.09. The second-order valence-electron chi connectivity index (χ2n) is 2.53. The Morgan fingerprint density at radius 3 is 2.67 bits per heavy atom. The molecule has 0 saturated carbocycles. The van der Waals surface area contributed by atoms with Crippen LogP contribution in [0.25, 0.3) is 0 Å². The first kappa shape index (κ1) is 9.78. The Bertz CT molecular complexity index is 276. The summed E-state index contributed by atoms with van der Waals surface area (Å²) in [5.41, 5.74) is 6.63. The van der Waals surface area contributed by atoms with Gasteiger partial charge in [0.15, 0.2) is 0 Å². The number of hydrogen-bond donors (Lipinski definition) is 1. The van der Waals surface area contributed by atoms with Crippen molar-refractivity contribution in [2.45, 2.75) is 19.4 Å². The molecule has 1 aromatic heterocycles. The molecule has 0 saturated heterocycles. The molecule has 0 bridgehead atoms. The number of halogens is 2. The fourth-order valence-electron chi connectivity index (χ4n) is 0.919. The van der Waals surface area contributed by atoms with Crippen molar-refractivity contribution in [1.29, 1.82) is 0 Å². The lowest BCUT2D eigenvalue weighted by Gasteiger charge is -2.09. The van der Waals surface area contributed by atoms with Gasteiger partial charge in [-0.2, -0.15) is 0 Å². The van der Waals surface area contributed by atoms with Gasteiger partial charge in [-0.25, -0.2) is 4.98 Å². The average molecular weight is 205 g/mol. The van der Waals surface area contributed by atoms with Crippen LogP contribution in [0.2, 0.25) is 10.3 Å². The SMILES string of the molecule is CCC(N)c1ccc(Cl)nc1Cl. The van der Waals surface area contributed by atoms with Gasteiger partial charge in [0, 0.05) is 11.6 Å². The minimum absolute atomic E-state index is 0.0535. The fraction of sp³-hybridized carbons (Fsp3) is 0.375. The maximum atomic E-state index is 5.83. The Morgan fingerprint density at radius 2 is 2.17 bits per heavy atom. The number of hydrogen-bond acceptors (Lipinski definition) is 2. The molecular formula is C8H10Cl2N2. The Balaban J connectivity index is 3.01. The topological polar surface area (TPSA) is 38.9 Å². The van der Waals surface area contributed by atoms with Crippen LogP contribution in [0.4, 0.5) is 0 Å². The van der Waals surface area contributed by atoms with Gasteiger partial charge in [0.05, 0.1) is 0 Å². The van der Waals surface area contributed by atoms with Crippen LogP contribution in [-0.2, 0) is 0 Å². The van der Waals surface area contributed by atoms with Gasteiger partial charge in [-0.15, -0.1) is 0 Å². The molecule has 12 heavy (non-hydrogen) atoms. The summed E-state index contributed by atoms with van der Waals surface area (Å²) in [6.07, 6.45) is 0.836. The number of nitrogens with two attached hydrogens (primary N) is 1. The van der Waals surface area contributed by atoms with Crippen LogP contribution in [0.1, 0.15) is 24.9 Å². The molecule has 2 N–H and O–H groups in total. The molecule has 66 valence electrons. The number of aromatic nitrogens is 1. The molecular weight excluding hydrogens is 195 g/mol. The van der Waals surface area contributed by atoms with Crippen LogP contribution < -0.4 is 5.73 Å². The van der Waals surface area contributed by atoms with Crippen LogP contribution in [-0.4, -0.2) is 4.98 Å². The summed E-state index contributed by atoms with van der Waals surface area (Å²) in [4.78, 5) is 3.89. The molecule has 1 rings (SSSR count). The first-order valence-electron chi connectivity index (χ1n) is 3.72. The summed E-state index contributed by atoms with van der Waals surface area (Å²) in [7, 11) is 0. The van der Waals surface area contributed by atoms with Crippen molar-refractivity contribution >= 4 is 23.2 Å².